The number of ether oxygens (including phenoxy) is 4. The minimum atomic E-state index is -0.904. The van der Waals surface area contributed by atoms with Gasteiger partial charge in [-0.2, -0.15) is 0 Å². The fourth-order valence-electron chi connectivity index (χ4n) is 19.4. The molecule has 8 aliphatic rings. The Hall–Kier alpha value is -3.15. The first-order valence-electron chi connectivity index (χ1n) is 27.6. The summed E-state index contributed by atoms with van der Waals surface area (Å²) in [5, 5.41) is 11.8. The van der Waals surface area contributed by atoms with Crippen LogP contribution < -0.4 is 0 Å². The van der Waals surface area contributed by atoms with Crippen molar-refractivity contribution in [2.75, 3.05) is 28.4 Å². The number of fused-ring (bicyclic) bond motifs is 10. The molecule has 70 heavy (non-hydrogen) atoms. The first-order valence-corrected chi connectivity index (χ1v) is 27.6. The molecule has 8 rings (SSSR count). The number of ketones is 3. The molecule has 12 heteroatoms. The molecule has 0 spiro atoms. The summed E-state index contributed by atoms with van der Waals surface area (Å²) in [4.78, 5) is 88.2. The molecule has 0 heterocycles. The number of aliphatic hydroxyl groups is 1. The van der Waals surface area contributed by atoms with Crippen molar-refractivity contribution in [2.24, 2.45) is 116 Å². The molecule has 8 fully saturated rings. The van der Waals surface area contributed by atoms with Crippen LogP contribution in [0.3, 0.4) is 0 Å². The zero-order valence-electron chi connectivity index (χ0n) is 45.0. The molecule has 394 valence electrons. The van der Waals surface area contributed by atoms with Gasteiger partial charge < -0.3 is 24.1 Å². The normalized spacial score (nSPS) is 42.6. The number of methoxy groups -OCH3 is 4. The minimum absolute atomic E-state index is 0.00708. The summed E-state index contributed by atoms with van der Waals surface area (Å²) in [7, 11) is 5.25. The van der Waals surface area contributed by atoms with Gasteiger partial charge in [-0.25, -0.2) is 0 Å². The Bertz CT molecular complexity index is 1970. The van der Waals surface area contributed by atoms with Crippen LogP contribution in [-0.4, -0.2) is 80.9 Å². The topological polar surface area (TPSA) is 177 Å². The minimum Gasteiger partial charge on any atom is -0.468 e. The highest BCUT2D eigenvalue weighted by Crippen LogP contribution is 2.71. The van der Waals surface area contributed by atoms with Gasteiger partial charge in [0.05, 0.1) is 34.5 Å². The summed E-state index contributed by atoms with van der Waals surface area (Å²) >= 11 is 0. The molecule has 0 aliphatic heterocycles. The largest absolute Gasteiger partial charge is 0.468 e. The number of carbonyl (C=O) groups is 7. The van der Waals surface area contributed by atoms with Gasteiger partial charge >= 0.3 is 23.9 Å². The van der Waals surface area contributed by atoms with Crippen molar-refractivity contribution in [2.45, 2.75) is 177 Å². The predicted molar refractivity (Wildman–Crippen MR) is 263 cm³/mol. The van der Waals surface area contributed by atoms with Gasteiger partial charge in [0, 0.05) is 37.5 Å². The lowest BCUT2D eigenvalue weighted by Gasteiger charge is -2.64. The highest BCUT2D eigenvalue weighted by Gasteiger charge is 2.67. The number of hydrogen-bond acceptors (Lipinski definition) is 12. The van der Waals surface area contributed by atoms with Crippen molar-refractivity contribution >= 4 is 41.2 Å². The average molecular weight is 979 g/mol. The van der Waals surface area contributed by atoms with E-state index in [2.05, 4.69) is 55.4 Å². The molecule has 19 atom stereocenters. The van der Waals surface area contributed by atoms with Crippen LogP contribution in [0.2, 0.25) is 0 Å². The molecule has 0 radical (unpaired) electrons. The fourth-order valence-corrected chi connectivity index (χ4v) is 19.4. The van der Waals surface area contributed by atoms with Gasteiger partial charge in [0.1, 0.15) is 17.3 Å². The molecule has 0 aromatic carbocycles. The van der Waals surface area contributed by atoms with Crippen molar-refractivity contribution in [1.29, 1.82) is 0 Å². The molecule has 0 aromatic heterocycles. The maximum atomic E-state index is 14.1. The molecular weight excluding hydrogens is 889 g/mol. The van der Waals surface area contributed by atoms with Crippen LogP contribution in [0.1, 0.15) is 171 Å². The molecule has 0 amide bonds. The number of carbonyl (C=O) groups excluding carboxylic acids is 7. The summed E-state index contributed by atoms with van der Waals surface area (Å²) in [6.45, 7) is 18.2. The molecule has 10 unspecified atom stereocenters. The van der Waals surface area contributed by atoms with Crippen LogP contribution in [0.4, 0.5) is 0 Å². The number of hydrogen-bond donors (Lipinski definition) is 1. The van der Waals surface area contributed by atoms with Crippen molar-refractivity contribution in [3.8, 4) is 0 Å². The fraction of sp³-hybridized carbons (Fsp3) is 0.879. The van der Waals surface area contributed by atoms with E-state index in [9.17, 15) is 38.7 Å². The standard InChI is InChI=1S/C29H46O6.C29H44O6/c2*1-7-18-23-15-17(30)10-12-29(23,4)22-11-13-28(3)20(8-9-21(28)24(22)25(18)31)16(2)14-19(26(32)34-5)27(33)35-6/h16,18-25,31H,7-15H2,1-6H3;16,18-24H,7-15H2,1-6H3/t16-,18-,20?,21?,22?,23?,24?,25+,28-,29-;16-,18-,20?,21?,22?,23?,24?,28-,29-/m11/s1. The predicted octanol–water partition coefficient (Wildman–Crippen LogP) is 9.83. The van der Waals surface area contributed by atoms with E-state index in [1.165, 1.54) is 28.4 Å². The van der Waals surface area contributed by atoms with E-state index < -0.39 is 35.7 Å². The quantitative estimate of drug-likeness (QED) is 0.111. The van der Waals surface area contributed by atoms with Gasteiger partial charge in [-0.15, -0.1) is 0 Å². The van der Waals surface area contributed by atoms with Gasteiger partial charge in [0.25, 0.3) is 0 Å². The lowest BCUT2D eigenvalue weighted by atomic mass is 9.41. The van der Waals surface area contributed by atoms with Gasteiger partial charge in [0.2, 0.25) is 0 Å². The zero-order valence-corrected chi connectivity index (χ0v) is 45.0. The first-order chi connectivity index (χ1) is 33.1. The summed E-state index contributed by atoms with van der Waals surface area (Å²) in [5.41, 5.74) is 0.284. The van der Waals surface area contributed by atoms with Gasteiger partial charge in [-0.1, -0.05) is 61.8 Å². The number of esters is 4. The van der Waals surface area contributed by atoms with Crippen molar-refractivity contribution < 1.29 is 57.6 Å². The molecule has 8 saturated carbocycles. The van der Waals surface area contributed by atoms with E-state index in [0.29, 0.717) is 97.3 Å². The van der Waals surface area contributed by atoms with Crippen molar-refractivity contribution in [3.63, 3.8) is 0 Å². The van der Waals surface area contributed by atoms with E-state index in [0.717, 1.165) is 77.0 Å². The maximum Gasteiger partial charge on any atom is 0.320 e. The average Bonchev–Trinajstić information content (AvgIpc) is 3.89. The Morgan fingerprint density at radius 1 is 0.543 bits per heavy atom. The third-order valence-corrected chi connectivity index (χ3v) is 22.9. The molecule has 8 aliphatic carbocycles. The summed E-state index contributed by atoms with van der Waals surface area (Å²) in [5.74, 6) is 0.860. The monoisotopic (exact) mass is 979 g/mol. The summed E-state index contributed by atoms with van der Waals surface area (Å²) in [6.07, 6.45) is 15.1. The van der Waals surface area contributed by atoms with Gasteiger partial charge in [-0.05, 0) is 176 Å². The van der Waals surface area contributed by atoms with E-state index in [-0.39, 0.29) is 69.2 Å². The lowest BCUT2D eigenvalue weighted by Crippen LogP contribution is -2.62. The molecule has 1 N–H and O–H groups in total. The highest BCUT2D eigenvalue weighted by molar-refractivity contribution is 5.95. The first kappa shape index (κ1) is 54.6. The van der Waals surface area contributed by atoms with Crippen LogP contribution in [0, 0.1) is 116 Å². The highest BCUT2D eigenvalue weighted by atomic mass is 16.5. The molecular formula is C58H90O12. The zero-order chi connectivity index (χ0) is 51.4. The van der Waals surface area contributed by atoms with Crippen LogP contribution in [0.15, 0.2) is 0 Å². The second kappa shape index (κ2) is 21.0. The Kier molecular flexibility index (Phi) is 16.4. The van der Waals surface area contributed by atoms with E-state index in [4.69, 9.17) is 18.9 Å². The Morgan fingerprint density at radius 3 is 1.40 bits per heavy atom. The number of Topliss-reactive ketones (excluding diaryl/α,β-unsaturated/α-hetero) is 3. The van der Waals surface area contributed by atoms with Crippen molar-refractivity contribution in [3.05, 3.63) is 0 Å². The Balaban J connectivity index is 0.000000206. The van der Waals surface area contributed by atoms with E-state index in [1.807, 2.05) is 0 Å². The number of aliphatic hydroxyl groups excluding tert-OH is 1. The third kappa shape index (κ3) is 9.06. The Morgan fingerprint density at radius 2 is 0.943 bits per heavy atom. The van der Waals surface area contributed by atoms with E-state index >= 15 is 0 Å². The summed E-state index contributed by atoms with van der Waals surface area (Å²) < 4.78 is 19.6. The van der Waals surface area contributed by atoms with Crippen LogP contribution in [0.5, 0.6) is 0 Å². The van der Waals surface area contributed by atoms with Crippen LogP contribution in [0.25, 0.3) is 0 Å². The second-order valence-electron chi connectivity index (χ2n) is 25.3. The SMILES string of the molecule is CC[C@@H]1C2CC(=O)CC[C@]2(C)C2CC[C@@]3(C)C(CCC3[C@H](C)CC(C(=O)OC)C(=O)OC)C2[C@H]1O.CC[C@H]1C(=O)C2C3CCC([C@H](C)CC(C(=O)OC)C(=O)OC)[C@@]3(C)CCC2[C@@]2(C)CCC(=O)CC12. The molecule has 0 bridgehead atoms. The van der Waals surface area contributed by atoms with Crippen LogP contribution in [-0.2, 0) is 52.5 Å². The van der Waals surface area contributed by atoms with Crippen molar-refractivity contribution in [1.82, 2.24) is 0 Å². The molecule has 12 nitrogen and oxygen atoms in total. The maximum absolute atomic E-state index is 14.1. The molecule has 0 aromatic rings. The second-order valence-corrected chi connectivity index (χ2v) is 25.3. The van der Waals surface area contributed by atoms with Crippen LogP contribution >= 0.6 is 0 Å². The summed E-state index contributed by atoms with van der Waals surface area (Å²) in [6, 6.07) is 0. The lowest BCUT2D eigenvalue weighted by molar-refractivity contribution is -0.194. The Labute approximate surface area is 419 Å². The number of rotatable bonds is 12. The smallest absolute Gasteiger partial charge is 0.320 e. The van der Waals surface area contributed by atoms with E-state index in [1.54, 1.807) is 0 Å². The van der Waals surface area contributed by atoms with Gasteiger partial charge in [-0.3, -0.25) is 33.6 Å². The molecule has 0 saturated heterocycles. The van der Waals surface area contributed by atoms with Gasteiger partial charge in [0.15, 0.2) is 11.8 Å². The third-order valence-electron chi connectivity index (χ3n) is 22.9.